The monoisotopic (exact) mass is 261 g/mol. The lowest BCUT2D eigenvalue weighted by molar-refractivity contribution is 0.0696. The maximum absolute atomic E-state index is 11.3. The second kappa shape index (κ2) is 5.14. The highest BCUT2D eigenvalue weighted by atomic mass is 16.5. The Balaban J connectivity index is 2.64. The van der Waals surface area contributed by atoms with E-state index in [4.69, 9.17) is 9.26 Å². The maximum Gasteiger partial charge on any atom is 0.341 e. The lowest BCUT2D eigenvalue weighted by Gasteiger charge is -2.09. The fourth-order valence-electron chi connectivity index (χ4n) is 1.92. The van der Waals surface area contributed by atoms with E-state index in [2.05, 4.69) is 5.16 Å². The summed E-state index contributed by atoms with van der Waals surface area (Å²) in [5.74, 6) is -0.173. The molecule has 1 N–H and O–H groups in total. The van der Waals surface area contributed by atoms with Crippen LogP contribution in [0.3, 0.4) is 0 Å². The third kappa shape index (κ3) is 2.45. The number of benzene rings is 1. The molecule has 5 heteroatoms. The second-order valence-electron chi connectivity index (χ2n) is 4.20. The number of carboxylic acids is 1. The topological polar surface area (TPSA) is 72.6 Å². The van der Waals surface area contributed by atoms with E-state index in [0.717, 1.165) is 5.56 Å². The van der Waals surface area contributed by atoms with Gasteiger partial charge < -0.3 is 14.4 Å². The van der Waals surface area contributed by atoms with Crippen LogP contribution in [0, 0.1) is 13.8 Å². The van der Waals surface area contributed by atoms with Gasteiger partial charge in [-0.05, 0) is 32.9 Å². The zero-order valence-electron chi connectivity index (χ0n) is 11.1. The molecule has 0 bridgehead atoms. The smallest absolute Gasteiger partial charge is 0.341 e. The minimum atomic E-state index is -1.06. The molecule has 1 aromatic carbocycles. The van der Waals surface area contributed by atoms with Crippen molar-refractivity contribution < 1.29 is 19.2 Å². The van der Waals surface area contributed by atoms with Crippen molar-refractivity contribution >= 4 is 5.97 Å². The van der Waals surface area contributed by atoms with E-state index in [1.807, 2.05) is 32.0 Å². The molecule has 5 nitrogen and oxygen atoms in total. The summed E-state index contributed by atoms with van der Waals surface area (Å²) < 4.78 is 10.5. The van der Waals surface area contributed by atoms with E-state index in [1.54, 1.807) is 6.92 Å². The van der Waals surface area contributed by atoms with Gasteiger partial charge in [-0.1, -0.05) is 16.8 Å². The third-order valence-electron chi connectivity index (χ3n) is 2.77. The number of hydrogen-bond acceptors (Lipinski definition) is 4. The fourth-order valence-corrected chi connectivity index (χ4v) is 1.92. The molecule has 0 aliphatic carbocycles. The van der Waals surface area contributed by atoms with Crippen molar-refractivity contribution in [2.24, 2.45) is 0 Å². The molecule has 2 rings (SSSR count). The second-order valence-corrected chi connectivity index (χ2v) is 4.20. The molecule has 0 aliphatic heterocycles. The molecule has 100 valence electrons. The van der Waals surface area contributed by atoms with Crippen LogP contribution in [0.2, 0.25) is 0 Å². The van der Waals surface area contributed by atoms with Crippen molar-refractivity contribution in [3.8, 4) is 17.0 Å². The van der Waals surface area contributed by atoms with Crippen molar-refractivity contribution in [3.05, 3.63) is 35.1 Å². The standard InChI is InChI=1S/C14H15NO4/c1-4-18-11-6-5-8(2)7-10(11)13-12(14(16)17)9(3)19-15-13/h5-7H,4H2,1-3H3,(H,16,17). The highest BCUT2D eigenvalue weighted by Gasteiger charge is 2.23. The number of carboxylic acid groups (broad SMARTS) is 1. The molecule has 0 aliphatic rings. The van der Waals surface area contributed by atoms with Crippen LogP contribution in [0.4, 0.5) is 0 Å². The first-order valence-electron chi connectivity index (χ1n) is 5.98. The van der Waals surface area contributed by atoms with E-state index in [-0.39, 0.29) is 11.3 Å². The van der Waals surface area contributed by atoms with Crippen LogP contribution in [0.5, 0.6) is 5.75 Å². The van der Waals surface area contributed by atoms with Crippen LogP contribution in [0.15, 0.2) is 22.7 Å². The van der Waals surface area contributed by atoms with E-state index < -0.39 is 5.97 Å². The Kier molecular flexibility index (Phi) is 3.55. The summed E-state index contributed by atoms with van der Waals surface area (Å²) in [6.45, 7) is 5.87. The summed E-state index contributed by atoms with van der Waals surface area (Å²) in [5.41, 5.74) is 2.01. The van der Waals surface area contributed by atoms with Crippen LogP contribution in [-0.2, 0) is 0 Å². The first-order valence-corrected chi connectivity index (χ1v) is 5.98. The average Bonchev–Trinajstić information content (AvgIpc) is 2.73. The predicted octanol–water partition coefficient (Wildman–Crippen LogP) is 3.06. The molecule has 2 aromatic rings. The average molecular weight is 261 g/mol. The van der Waals surface area contributed by atoms with E-state index in [0.29, 0.717) is 23.6 Å². The maximum atomic E-state index is 11.3. The number of aromatic nitrogens is 1. The highest BCUT2D eigenvalue weighted by Crippen LogP contribution is 2.33. The molecule has 0 radical (unpaired) electrons. The largest absolute Gasteiger partial charge is 0.493 e. The van der Waals surface area contributed by atoms with Crippen LogP contribution in [0.1, 0.15) is 28.6 Å². The van der Waals surface area contributed by atoms with Gasteiger partial charge in [0.05, 0.1) is 6.61 Å². The Hall–Kier alpha value is -2.30. The lowest BCUT2D eigenvalue weighted by atomic mass is 10.0. The summed E-state index contributed by atoms with van der Waals surface area (Å²) in [6, 6.07) is 5.56. The molecular weight excluding hydrogens is 246 g/mol. The highest BCUT2D eigenvalue weighted by molar-refractivity contribution is 5.96. The van der Waals surface area contributed by atoms with Gasteiger partial charge in [-0.15, -0.1) is 0 Å². The molecular formula is C14H15NO4. The molecule has 19 heavy (non-hydrogen) atoms. The van der Waals surface area contributed by atoms with Crippen LogP contribution < -0.4 is 4.74 Å². The van der Waals surface area contributed by atoms with Crippen molar-refractivity contribution in [3.63, 3.8) is 0 Å². The Morgan fingerprint density at radius 2 is 2.16 bits per heavy atom. The Morgan fingerprint density at radius 1 is 1.42 bits per heavy atom. The molecule has 0 unspecified atom stereocenters. The number of aromatic carboxylic acids is 1. The summed E-state index contributed by atoms with van der Waals surface area (Å²) in [7, 11) is 0. The van der Waals surface area contributed by atoms with Gasteiger partial charge >= 0.3 is 5.97 Å². The summed E-state index contributed by atoms with van der Waals surface area (Å²) in [4.78, 5) is 11.3. The normalized spacial score (nSPS) is 10.5. The lowest BCUT2D eigenvalue weighted by Crippen LogP contribution is -2.01. The minimum Gasteiger partial charge on any atom is -0.493 e. The Morgan fingerprint density at radius 3 is 2.79 bits per heavy atom. The van der Waals surface area contributed by atoms with Gasteiger partial charge in [0.2, 0.25) is 0 Å². The zero-order valence-corrected chi connectivity index (χ0v) is 11.1. The van der Waals surface area contributed by atoms with Crippen molar-refractivity contribution in [1.82, 2.24) is 5.16 Å². The Labute approximate surface area is 110 Å². The number of rotatable bonds is 4. The van der Waals surface area contributed by atoms with E-state index >= 15 is 0 Å². The van der Waals surface area contributed by atoms with Gasteiger partial charge in [-0.3, -0.25) is 0 Å². The SMILES string of the molecule is CCOc1ccc(C)cc1-c1noc(C)c1C(=O)O. The van der Waals surface area contributed by atoms with E-state index in [9.17, 15) is 9.90 Å². The van der Waals surface area contributed by atoms with Crippen molar-refractivity contribution in [1.29, 1.82) is 0 Å². The number of ether oxygens (including phenoxy) is 1. The van der Waals surface area contributed by atoms with Gasteiger partial charge in [0.1, 0.15) is 22.8 Å². The molecule has 1 heterocycles. The number of hydrogen-bond donors (Lipinski definition) is 1. The van der Waals surface area contributed by atoms with E-state index in [1.165, 1.54) is 0 Å². The van der Waals surface area contributed by atoms with Crippen LogP contribution in [0.25, 0.3) is 11.3 Å². The van der Waals surface area contributed by atoms with Gasteiger partial charge in [0.15, 0.2) is 0 Å². The number of aryl methyl sites for hydroxylation is 2. The molecule has 0 saturated heterocycles. The van der Waals surface area contributed by atoms with Gasteiger partial charge in [-0.25, -0.2) is 4.79 Å². The van der Waals surface area contributed by atoms with Crippen LogP contribution in [-0.4, -0.2) is 22.8 Å². The predicted molar refractivity (Wildman–Crippen MR) is 69.5 cm³/mol. The third-order valence-corrected chi connectivity index (χ3v) is 2.77. The molecule has 0 atom stereocenters. The molecule has 0 fully saturated rings. The summed E-state index contributed by atoms with van der Waals surface area (Å²) in [6.07, 6.45) is 0. The molecule has 0 spiro atoms. The molecule has 0 saturated carbocycles. The number of carbonyl (C=O) groups is 1. The van der Waals surface area contributed by atoms with Gasteiger partial charge in [-0.2, -0.15) is 0 Å². The first-order chi connectivity index (χ1) is 9.04. The Bertz CT molecular complexity index is 616. The number of nitrogens with zero attached hydrogens (tertiary/aromatic N) is 1. The quantitative estimate of drug-likeness (QED) is 0.915. The van der Waals surface area contributed by atoms with Crippen molar-refractivity contribution in [2.75, 3.05) is 6.61 Å². The van der Waals surface area contributed by atoms with Gasteiger partial charge in [0.25, 0.3) is 0 Å². The minimum absolute atomic E-state index is 0.0755. The van der Waals surface area contributed by atoms with Crippen LogP contribution >= 0.6 is 0 Å². The fraction of sp³-hybridized carbons (Fsp3) is 0.286. The van der Waals surface area contributed by atoms with Gasteiger partial charge in [0, 0.05) is 5.56 Å². The summed E-state index contributed by atoms with van der Waals surface area (Å²) >= 11 is 0. The molecule has 1 aromatic heterocycles. The summed E-state index contributed by atoms with van der Waals surface area (Å²) in [5, 5.41) is 13.1. The first kappa shape index (κ1) is 13.1. The van der Waals surface area contributed by atoms with Crippen molar-refractivity contribution in [2.45, 2.75) is 20.8 Å². The molecule has 0 amide bonds. The zero-order chi connectivity index (χ0) is 14.0.